The minimum Gasteiger partial charge on any atom is -0.280 e. The summed E-state index contributed by atoms with van der Waals surface area (Å²) in [5.74, 6) is 5.31. The molecule has 3 heteroatoms. The number of carbonyl (C=O) groups is 1. The van der Waals surface area contributed by atoms with Crippen molar-refractivity contribution >= 4 is 5.91 Å². The third-order valence-electron chi connectivity index (χ3n) is 2.29. The number of hydrazine groups is 1. The van der Waals surface area contributed by atoms with Gasteiger partial charge in [-0.05, 0) is 17.0 Å². The highest BCUT2D eigenvalue weighted by atomic mass is 16.2. The quantitative estimate of drug-likeness (QED) is 0.433. The van der Waals surface area contributed by atoms with Gasteiger partial charge in [0, 0.05) is 12.6 Å². The van der Waals surface area contributed by atoms with Gasteiger partial charge in [0.15, 0.2) is 0 Å². The van der Waals surface area contributed by atoms with Gasteiger partial charge in [-0.15, -0.1) is 0 Å². The van der Waals surface area contributed by atoms with Crippen molar-refractivity contribution in [2.45, 2.75) is 26.2 Å². The molecule has 1 rings (SSSR count). The van der Waals surface area contributed by atoms with Gasteiger partial charge in [-0.1, -0.05) is 39.0 Å². The van der Waals surface area contributed by atoms with Gasteiger partial charge in [0.2, 0.25) is 0 Å². The summed E-state index contributed by atoms with van der Waals surface area (Å²) >= 11 is 0. The molecule has 0 radical (unpaired) electrons. The molecular formula is C12H18N2O. The molecule has 0 heterocycles. The highest BCUT2D eigenvalue weighted by Crippen LogP contribution is 2.25. The fraction of sp³-hybridized carbons (Fsp3) is 0.417. The lowest BCUT2D eigenvalue weighted by atomic mass is 9.83. The topological polar surface area (TPSA) is 46.3 Å². The molecule has 0 saturated heterocycles. The number of nitrogens with two attached hydrogens (primary N) is 1. The number of nitrogens with zero attached hydrogens (tertiary/aromatic N) is 1. The van der Waals surface area contributed by atoms with Gasteiger partial charge in [0.25, 0.3) is 5.91 Å². The SMILES string of the molecule is CN(N)C(=O)c1ccccc1C(C)(C)C. The van der Waals surface area contributed by atoms with E-state index < -0.39 is 0 Å². The summed E-state index contributed by atoms with van der Waals surface area (Å²) in [6, 6.07) is 7.57. The first kappa shape index (κ1) is 11.7. The Morgan fingerprint density at radius 2 is 1.80 bits per heavy atom. The van der Waals surface area contributed by atoms with E-state index in [0.717, 1.165) is 10.6 Å². The van der Waals surface area contributed by atoms with E-state index in [4.69, 9.17) is 5.84 Å². The largest absolute Gasteiger partial charge is 0.280 e. The van der Waals surface area contributed by atoms with Gasteiger partial charge in [-0.3, -0.25) is 9.80 Å². The van der Waals surface area contributed by atoms with Crippen LogP contribution in [-0.4, -0.2) is 18.0 Å². The number of benzene rings is 1. The van der Waals surface area contributed by atoms with Crippen molar-refractivity contribution in [3.63, 3.8) is 0 Å². The van der Waals surface area contributed by atoms with Crippen molar-refractivity contribution < 1.29 is 4.79 Å². The molecule has 0 aromatic heterocycles. The molecule has 15 heavy (non-hydrogen) atoms. The van der Waals surface area contributed by atoms with Crippen molar-refractivity contribution in [1.29, 1.82) is 0 Å². The van der Waals surface area contributed by atoms with E-state index in [1.807, 2.05) is 24.3 Å². The fourth-order valence-corrected chi connectivity index (χ4v) is 1.51. The van der Waals surface area contributed by atoms with Gasteiger partial charge in [-0.25, -0.2) is 5.84 Å². The molecular weight excluding hydrogens is 188 g/mol. The molecule has 1 aromatic carbocycles. The van der Waals surface area contributed by atoms with Crippen molar-refractivity contribution in [1.82, 2.24) is 5.01 Å². The Bertz CT molecular complexity index is 364. The zero-order valence-electron chi connectivity index (χ0n) is 9.74. The van der Waals surface area contributed by atoms with Gasteiger partial charge < -0.3 is 0 Å². The molecule has 1 amide bonds. The third-order valence-corrected chi connectivity index (χ3v) is 2.29. The summed E-state index contributed by atoms with van der Waals surface area (Å²) in [7, 11) is 1.56. The van der Waals surface area contributed by atoms with Crippen molar-refractivity contribution in [2.75, 3.05) is 7.05 Å². The lowest BCUT2D eigenvalue weighted by molar-refractivity contribution is 0.0792. The van der Waals surface area contributed by atoms with Crippen molar-refractivity contribution in [3.05, 3.63) is 35.4 Å². The summed E-state index contributed by atoms with van der Waals surface area (Å²) in [4.78, 5) is 11.8. The molecule has 0 aliphatic heterocycles. The van der Waals surface area contributed by atoms with E-state index in [1.165, 1.54) is 0 Å². The number of carbonyl (C=O) groups excluding carboxylic acids is 1. The lowest BCUT2D eigenvalue weighted by Gasteiger charge is -2.23. The van der Waals surface area contributed by atoms with Gasteiger partial charge in [0.1, 0.15) is 0 Å². The normalized spacial score (nSPS) is 11.3. The summed E-state index contributed by atoms with van der Waals surface area (Å²) in [6.07, 6.45) is 0. The molecule has 0 atom stereocenters. The van der Waals surface area contributed by atoms with Crippen LogP contribution >= 0.6 is 0 Å². The van der Waals surface area contributed by atoms with Crippen LogP contribution < -0.4 is 5.84 Å². The minimum absolute atomic E-state index is 0.0533. The molecule has 0 bridgehead atoms. The van der Waals surface area contributed by atoms with Gasteiger partial charge in [0.05, 0.1) is 0 Å². The van der Waals surface area contributed by atoms with Crippen LogP contribution in [0.2, 0.25) is 0 Å². The maximum Gasteiger partial charge on any atom is 0.267 e. The summed E-state index contributed by atoms with van der Waals surface area (Å²) in [5, 5.41) is 1.12. The standard InChI is InChI=1S/C12H18N2O/c1-12(2,3)10-8-6-5-7-9(10)11(15)14(4)13/h5-8H,13H2,1-4H3. The zero-order chi connectivity index (χ0) is 11.6. The molecule has 82 valence electrons. The summed E-state index contributed by atoms with van der Waals surface area (Å²) in [5.41, 5.74) is 1.64. The molecule has 0 aliphatic carbocycles. The van der Waals surface area contributed by atoms with E-state index in [-0.39, 0.29) is 11.3 Å². The maximum atomic E-state index is 11.8. The predicted molar refractivity (Wildman–Crippen MR) is 61.4 cm³/mol. The van der Waals surface area contributed by atoms with E-state index in [2.05, 4.69) is 20.8 Å². The smallest absolute Gasteiger partial charge is 0.267 e. The minimum atomic E-state index is -0.152. The van der Waals surface area contributed by atoms with Crippen LogP contribution in [0.3, 0.4) is 0 Å². The van der Waals surface area contributed by atoms with E-state index >= 15 is 0 Å². The van der Waals surface area contributed by atoms with Crippen LogP contribution in [-0.2, 0) is 5.41 Å². The van der Waals surface area contributed by atoms with Crippen LogP contribution in [0.5, 0.6) is 0 Å². The molecule has 0 spiro atoms. The molecule has 0 fully saturated rings. The Balaban J connectivity index is 3.25. The van der Waals surface area contributed by atoms with E-state index in [0.29, 0.717) is 5.56 Å². The molecule has 1 aromatic rings. The molecule has 3 nitrogen and oxygen atoms in total. The fourth-order valence-electron chi connectivity index (χ4n) is 1.51. The Labute approximate surface area is 90.9 Å². The second-order valence-electron chi connectivity index (χ2n) is 4.71. The Hall–Kier alpha value is -1.35. The molecule has 2 N–H and O–H groups in total. The summed E-state index contributed by atoms with van der Waals surface area (Å²) < 4.78 is 0. The Morgan fingerprint density at radius 3 is 2.27 bits per heavy atom. The van der Waals surface area contributed by atoms with E-state index in [1.54, 1.807) is 7.05 Å². The highest BCUT2D eigenvalue weighted by molar-refractivity contribution is 5.95. The first-order valence-electron chi connectivity index (χ1n) is 4.96. The third kappa shape index (κ3) is 2.57. The van der Waals surface area contributed by atoms with Crippen molar-refractivity contribution in [2.24, 2.45) is 5.84 Å². The number of amides is 1. The predicted octanol–water partition coefficient (Wildman–Crippen LogP) is 1.93. The van der Waals surface area contributed by atoms with Crippen LogP contribution in [0.4, 0.5) is 0 Å². The number of rotatable bonds is 1. The van der Waals surface area contributed by atoms with Crippen LogP contribution in [0.25, 0.3) is 0 Å². The van der Waals surface area contributed by atoms with Gasteiger partial charge in [-0.2, -0.15) is 0 Å². The second kappa shape index (κ2) is 4.03. The summed E-state index contributed by atoms with van der Waals surface area (Å²) in [6.45, 7) is 6.24. The van der Waals surface area contributed by atoms with Gasteiger partial charge >= 0.3 is 0 Å². The first-order chi connectivity index (χ1) is 6.84. The Kier molecular flexibility index (Phi) is 3.15. The molecule has 0 saturated carbocycles. The second-order valence-corrected chi connectivity index (χ2v) is 4.71. The first-order valence-corrected chi connectivity index (χ1v) is 4.96. The molecule has 0 aliphatic rings. The molecule has 0 unspecified atom stereocenters. The average Bonchev–Trinajstić information content (AvgIpc) is 2.15. The van der Waals surface area contributed by atoms with Crippen molar-refractivity contribution in [3.8, 4) is 0 Å². The lowest BCUT2D eigenvalue weighted by Crippen LogP contribution is -2.34. The highest BCUT2D eigenvalue weighted by Gasteiger charge is 2.21. The maximum absolute atomic E-state index is 11.8. The monoisotopic (exact) mass is 206 g/mol. The average molecular weight is 206 g/mol. The van der Waals surface area contributed by atoms with Crippen LogP contribution in [0.15, 0.2) is 24.3 Å². The van der Waals surface area contributed by atoms with Crippen LogP contribution in [0.1, 0.15) is 36.7 Å². The van der Waals surface area contributed by atoms with E-state index in [9.17, 15) is 4.79 Å². The van der Waals surface area contributed by atoms with Crippen LogP contribution in [0, 0.1) is 0 Å². The number of hydrogen-bond acceptors (Lipinski definition) is 2. The number of hydrogen-bond donors (Lipinski definition) is 1. The Morgan fingerprint density at radius 1 is 1.27 bits per heavy atom. The zero-order valence-corrected chi connectivity index (χ0v) is 9.74.